The molecule has 0 fully saturated rings. The zero-order valence-corrected chi connectivity index (χ0v) is 16.9. The number of aromatic nitrogens is 3. The van der Waals surface area contributed by atoms with Gasteiger partial charge in [-0.1, -0.05) is 30.0 Å². The third kappa shape index (κ3) is 3.71. The normalized spacial score (nSPS) is 12.1. The van der Waals surface area contributed by atoms with Crippen LogP contribution in [0.5, 0.6) is 11.5 Å². The first-order valence-corrected chi connectivity index (χ1v) is 9.81. The number of rotatable bonds is 7. The highest BCUT2D eigenvalue weighted by Gasteiger charge is 2.22. The Morgan fingerprint density at radius 1 is 1.10 bits per heavy atom. The van der Waals surface area contributed by atoms with Crippen molar-refractivity contribution in [2.75, 3.05) is 14.2 Å². The second-order valence-corrected chi connectivity index (χ2v) is 7.61. The van der Waals surface area contributed by atoms with Crippen molar-refractivity contribution in [3.05, 3.63) is 54.2 Å². The number of methoxy groups -OCH3 is 2. The van der Waals surface area contributed by atoms with Crippen LogP contribution in [0, 0.1) is 0 Å². The van der Waals surface area contributed by atoms with Gasteiger partial charge >= 0.3 is 0 Å². The molecule has 1 atom stereocenters. The van der Waals surface area contributed by atoms with Crippen LogP contribution in [0.2, 0.25) is 0 Å². The van der Waals surface area contributed by atoms with E-state index < -0.39 is 0 Å². The Morgan fingerprint density at radius 2 is 1.90 bits per heavy atom. The minimum Gasteiger partial charge on any atom is -0.493 e. The highest BCUT2D eigenvalue weighted by atomic mass is 32.2. The molecule has 0 saturated carbocycles. The minimum absolute atomic E-state index is 0.00156. The van der Waals surface area contributed by atoms with Gasteiger partial charge in [0.25, 0.3) is 5.22 Å². The maximum atomic E-state index is 12.9. The van der Waals surface area contributed by atoms with Crippen molar-refractivity contribution in [3.63, 3.8) is 0 Å². The Kier molecular flexibility index (Phi) is 5.26. The lowest BCUT2D eigenvalue weighted by molar-refractivity contribution is 0.0995. The first-order valence-electron chi connectivity index (χ1n) is 8.93. The van der Waals surface area contributed by atoms with Crippen LogP contribution in [0.25, 0.3) is 22.4 Å². The van der Waals surface area contributed by atoms with E-state index in [1.54, 1.807) is 32.5 Å². The molecule has 29 heavy (non-hydrogen) atoms. The third-order valence-corrected chi connectivity index (χ3v) is 5.47. The predicted octanol–water partition coefficient (Wildman–Crippen LogP) is 4.60. The molecule has 0 unspecified atom stereocenters. The number of thioether (sulfide) groups is 1. The van der Waals surface area contributed by atoms with Crippen molar-refractivity contribution >= 4 is 28.4 Å². The highest BCUT2D eigenvalue weighted by Crippen LogP contribution is 2.34. The summed E-state index contributed by atoms with van der Waals surface area (Å²) in [6.45, 7) is 1.83. The number of nitrogens with zero attached hydrogens (tertiary/aromatic N) is 2. The third-order valence-electron chi connectivity index (χ3n) is 4.54. The van der Waals surface area contributed by atoms with Crippen LogP contribution in [0.15, 0.2) is 58.3 Å². The molecule has 0 aliphatic rings. The molecule has 0 aliphatic heterocycles. The van der Waals surface area contributed by atoms with E-state index in [1.807, 2.05) is 37.3 Å². The van der Waals surface area contributed by atoms with Gasteiger partial charge in [0.05, 0.1) is 19.5 Å². The number of H-pyrrole nitrogens is 1. The van der Waals surface area contributed by atoms with Crippen molar-refractivity contribution in [2.24, 2.45) is 0 Å². The number of Topliss-reactive ketones (excluding diaryl/α,β-unsaturated/α-hetero) is 1. The summed E-state index contributed by atoms with van der Waals surface area (Å²) in [5.41, 5.74) is 2.29. The largest absolute Gasteiger partial charge is 0.493 e. The summed E-state index contributed by atoms with van der Waals surface area (Å²) in [7, 11) is 3.14. The molecule has 1 N–H and O–H groups in total. The number of carbonyl (C=O) groups excluding carboxylic acids is 1. The van der Waals surface area contributed by atoms with Gasteiger partial charge in [0.1, 0.15) is 0 Å². The van der Waals surface area contributed by atoms with Gasteiger partial charge < -0.3 is 18.9 Å². The van der Waals surface area contributed by atoms with E-state index in [0.29, 0.717) is 33.7 Å². The van der Waals surface area contributed by atoms with E-state index >= 15 is 0 Å². The Bertz CT molecular complexity index is 1170. The van der Waals surface area contributed by atoms with Crippen molar-refractivity contribution in [2.45, 2.75) is 17.4 Å². The van der Waals surface area contributed by atoms with Crippen molar-refractivity contribution in [1.82, 2.24) is 15.2 Å². The summed E-state index contributed by atoms with van der Waals surface area (Å²) in [6, 6.07) is 13.1. The molecule has 0 radical (unpaired) electrons. The Hall–Kier alpha value is -3.26. The van der Waals surface area contributed by atoms with Crippen LogP contribution in [0.3, 0.4) is 0 Å². The van der Waals surface area contributed by atoms with Gasteiger partial charge in [-0.05, 0) is 31.2 Å². The fourth-order valence-corrected chi connectivity index (χ4v) is 3.79. The summed E-state index contributed by atoms with van der Waals surface area (Å²) in [4.78, 5) is 16.0. The lowest BCUT2D eigenvalue weighted by Crippen LogP contribution is -2.13. The molecular weight excluding hydrogens is 390 g/mol. The molecule has 2 aromatic carbocycles. The van der Waals surface area contributed by atoms with Gasteiger partial charge in [-0.3, -0.25) is 4.79 Å². The maximum Gasteiger partial charge on any atom is 0.277 e. The molecule has 2 heterocycles. The molecule has 0 amide bonds. The summed E-state index contributed by atoms with van der Waals surface area (Å²) in [6.07, 6.45) is 1.74. The van der Waals surface area contributed by atoms with Gasteiger partial charge in [0.2, 0.25) is 5.89 Å². The van der Waals surface area contributed by atoms with Gasteiger partial charge in [0.15, 0.2) is 17.3 Å². The van der Waals surface area contributed by atoms with Gasteiger partial charge in [-0.25, -0.2) is 0 Å². The number of fused-ring (bicyclic) bond motifs is 1. The second kappa shape index (κ2) is 8.00. The van der Waals surface area contributed by atoms with Crippen LogP contribution in [-0.2, 0) is 0 Å². The van der Waals surface area contributed by atoms with E-state index in [9.17, 15) is 4.79 Å². The van der Waals surface area contributed by atoms with E-state index in [4.69, 9.17) is 13.9 Å². The molecule has 4 rings (SSSR count). The molecule has 0 bridgehead atoms. The lowest BCUT2D eigenvalue weighted by Gasteiger charge is -2.08. The Labute approximate surface area is 171 Å². The first-order chi connectivity index (χ1) is 14.1. The zero-order valence-electron chi connectivity index (χ0n) is 16.1. The predicted molar refractivity (Wildman–Crippen MR) is 111 cm³/mol. The number of ether oxygens (including phenoxy) is 2. The number of nitrogens with one attached hydrogen (secondary N) is 1. The minimum atomic E-state index is -0.382. The lowest BCUT2D eigenvalue weighted by atomic mass is 10.1. The number of aromatic amines is 1. The maximum absolute atomic E-state index is 12.9. The average Bonchev–Trinajstić information content (AvgIpc) is 3.39. The average molecular weight is 409 g/mol. The molecule has 148 valence electrons. The number of para-hydroxylation sites is 1. The molecule has 2 aromatic heterocycles. The van der Waals surface area contributed by atoms with E-state index in [2.05, 4.69) is 15.2 Å². The highest BCUT2D eigenvalue weighted by molar-refractivity contribution is 8.00. The zero-order chi connectivity index (χ0) is 20.4. The summed E-state index contributed by atoms with van der Waals surface area (Å²) >= 11 is 1.23. The SMILES string of the molecule is COc1ccc(-c2nnc(S[C@H](C)C(=O)c3c[nH]c4ccccc34)o2)cc1OC. The van der Waals surface area contributed by atoms with Crippen LogP contribution >= 0.6 is 11.8 Å². The van der Waals surface area contributed by atoms with E-state index in [1.165, 1.54) is 11.8 Å². The fraction of sp³-hybridized carbons (Fsp3) is 0.190. The topological polar surface area (TPSA) is 90.2 Å². The second-order valence-electron chi connectivity index (χ2n) is 6.32. The van der Waals surface area contributed by atoms with Crippen molar-refractivity contribution < 1.29 is 18.7 Å². The first kappa shape index (κ1) is 19.1. The molecule has 7 nitrogen and oxygen atoms in total. The monoisotopic (exact) mass is 409 g/mol. The molecule has 0 saturated heterocycles. The molecule has 8 heteroatoms. The van der Waals surface area contributed by atoms with Crippen LogP contribution in [0.4, 0.5) is 0 Å². The summed E-state index contributed by atoms with van der Waals surface area (Å²) in [5, 5.41) is 9.01. The molecule has 0 aliphatic carbocycles. The number of hydrogen-bond donors (Lipinski definition) is 1. The van der Waals surface area contributed by atoms with Crippen LogP contribution in [-0.4, -0.2) is 40.4 Å². The van der Waals surface area contributed by atoms with Gasteiger partial charge in [-0.2, -0.15) is 0 Å². The number of carbonyl (C=O) groups is 1. The standard InChI is InChI=1S/C21H19N3O4S/c1-12(19(25)15-11-22-16-7-5-4-6-14(15)16)29-21-24-23-20(28-21)13-8-9-17(26-2)18(10-13)27-3/h4-12,22H,1-3H3/t12-/m1/s1. The van der Waals surface area contributed by atoms with E-state index in [-0.39, 0.29) is 11.0 Å². The number of hydrogen-bond acceptors (Lipinski definition) is 7. The Balaban J connectivity index is 1.52. The van der Waals surface area contributed by atoms with Gasteiger partial charge in [0, 0.05) is 28.2 Å². The van der Waals surface area contributed by atoms with Crippen LogP contribution < -0.4 is 9.47 Å². The number of benzene rings is 2. The van der Waals surface area contributed by atoms with Crippen molar-refractivity contribution in [3.8, 4) is 23.0 Å². The van der Waals surface area contributed by atoms with Crippen molar-refractivity contribution in [1.29, 1.82) is 0 Å². The molecular formula is C21H19N3O4S. The summed E-state index contributed by atoms with van der Waals surface area (Å²) in [5.74, 6) is 1.53. The van der Waals surface area contributed by atoms with Gasteiger partial charge in [-0.15, -0.1) is 10.2 Å². The smallest absolute Gasteiger partial charge is 0.277 e. The quantitative estimate of drug-likeness (QED) is 0.352. The molecule has 4 aromatic rings. The Morgan fingerprint density at radius 3 is 2.69 bits per heavy atom. The summed E-state index contributed by atoms with van der Waals surface area (Å²) < 4.78 is 16.3. The number of ketones is 1. The fourth-order valence-electron chi connectivity index (χ4n) is 3.04. The molecule has 0 spiro atoms. The van der Waals surface area contributed by atoms with Crippen LogP contribution in [0.1, 0.15) is 17.3 Å². The van der Waals surface area contributed by atoms with E-state index in [0.717, 1.165) is 10.9 Å².